The van der Waals surface area contributed by atoms with Gasteiger partial charge in [-0.3, -0.25) is 4.98 Å². The van der Waals surface area contributed by atoms with Crippen LogP contribution in [0.3, 0.4) is 0 Å². The summed E-state index contributed by atoms with van der Waals surface area (Å²) in [6, 6.07) is 5.92. The van der Waals surface area contributed by atoms with Crippen LogP contribution in [0.15, 0.2) is 24.4 Å². The standard InChI is InChI=1S/C15H18N2O2/c1-9(2)10-6-5-7-11-13(10)16-8-12(15(18)19)14(11)17(3)4/h5-9H,1-4H3,(H,18,19). The second kappa shape index (κ2) is 4.88. The molecule has 0 radical (unpaired) electrons. The van der Waals surface area contributed by atoms with Crippen LogP contribution in [0.5, 0.6) is 0 Å². The molecular weight excluding hydrogens is 240 g/mol. The fourth-order valence-corrected chi connectivity index (χ4v) is 2.34. The molecule has 4 nitrogen and oxygen atoms in total. The summed E-state index contributed by atoms with van der Waals surface area (Å²) in [4.78, 5) is 17.5. The minimum Gasteiger partial charge on any atom is -0.478 e. The normalized spacial score (nSPS) is 11.0. The number of hydrogen-bond donors (Lipinski definition) is 1. The number of aromatic nitrogens is 1. The van der Waals surface area contributed by atoms with Crippen molar-refractivity contribution in [2.24, 2.45) is 0 Å². The van der Waals surface area contributed by atoms with Crippen LogP contribution in [0.25, 0.3) is 10.9 Å². The predicted molar refractivity (Wildman–Crippen MR) is 77.1 cm³/mol. The smallest absolute Gasteiger partial charge is 0.339 e. The number of pyridine rings is 1. The second-order valence-electron chi connectivity index (χ2n) is 5.12. The van der Waals surface area contributed by atoms with Crippen molar-refractivity contribution in [2.45, 2.75) is 19.8 Å². The van der Waals surface area contributed by atoms with E-state index in [9.17, 15) is 9.90 Å². The highest BCUT2D eigenvalue weighted by Crippen LogP contribution is 2.32. The summed E-state index contributed by atoms with van der Waals surface area (Å²) in [5.41, 5.74) is 2.96. The molecule has 0 saturated carbocycles. The van der Waals surface area contributed by atoms with E-state index in [0.717, 1.165) is 16.5 Å². The fourth-order valence-electron chi connectivity index (χ4n) is 2.34. The monoisotopic (exact) mass is 258 g/mol. The van der Waals surface area contributed by atoms with Gasteiger partial charge >= 0.3 is 5.97 Å². The molecule has 1 aromatic heterocycles. The number of hydrogen-bond acceptors (Lipinski definition) is 3. The molecule has 1 aromatic carbocycles. The number of carbonyl (C=O) groups is 1. The highest BCUT2D eigenvalue weighted by atomic mass is 16.4. The van der Waals surface area contributed by atoms with Gasteiger partial charge in [-0.1, -0.05) is 32.0 Å². The maximum atomic E-state index is 11.3. The number of carboxylic acid groups (broad SMARTS) is 1. The van der Waals surface area contributed by atoms with E-state index in [4.69, 9.17) is 0 Å². The molecule has 0 aliphatic heterocycles. The molecule has 2 aromatic rings. The van der Waals surface area contributed by atoms with E-state index in [1.54, 1.807) is 0 Å². The first-order valence-electron chi connectivity index (χ1n) is 6.25. The number of aromatic carboxylic acids is 1. The molecule has 0 atom stereocenters. The van der Waals surface area contributed by atoms with Crippen LogP contribution in [0, 0.1) is 0 Å². The van der Waals surface area contributed by atoms with Crippen molar-refractivity contribution >= 4 is 22.6 Å². The molecule has 0 aliphatic carbocycles. The summed E-state index contributed by atoms with van der Waals surface area (Å²) < 4.78 is 0. The van der Waals surface area contributed by atoms with Gasteiger partial charge in [0.05, 0.1) is 11.2 Å². The maximum absolute atomic E-state index is 11.3. The van der Waals surface area contributed by atoms with Gasteiger partial charge in [-0.2, -0.15) is 0 Å². The van der Waals surface area contributed by atoms with Gasteiger partial charge in [-0.15, -0.1) is 0 Å². The maximum Gasteiger partial charge on any atom is 0.339 e. The van der Waals surface area contributed by atoms with Crippen LogP contribution >= 0.6 is 0 Å². The Balaban J connectivity index is 2.87. The average Bonchev–Trinajstić information content (AvgIpc) is 2.35. The summed E-state index contributed by atoms with van der Waals surface area (Å²) >= 11 is 0. The average molecular weight is 258 g/mol. The lowest BCUT2D eigenvalue weighted by Crippen LogP contribution is -2.15. The summed E-state index contributed by atoms with van der Waals surface area (Å²) in [5.74, 6) is -0.602. The number of carboxylic acids is 1. The Morgan fingerprint density at radius 1 is 1.32 bits per heavy atom. The predicted octanol–water partition coefficient (Wildman–Crippen LogP) is 3.12. The topological polar surface area (TPSA) is 53.4 Å². The molecule has 19 heavy (non-hydrogen) atoms. The lowest BCUT2D eigenvalue weighted by molar-refractivity contribution is 0.0697. The molecule has 100 valence electrons. The molecule has 0 bridgehead atoms. The first kappa shape index (κ1) is 13.3. The first-order valence-corrected chi connectivity index (χ1v) is 6.25. The summed E-state index contributed by atoms with van der Waals surface area (Å²) in [7, 11) is 3.70. The van der Waals surface area contributed by atoms with Crippen LogP contribution in [-0.4, -0.2) is 30.2 Å². The van der Waals surface area contributed by atoms with Crippen molar-refractivity contribution < 1.29 is 9.90 Å². The van der Waals surface area contributed by atoms with E-state index in [1.165, 1.54) is 6.20 Å². The Hall–Kier alpha value is -2.10. The number of nitrogens with zero attached hydrogens (tertiary/aromatic N) is 2. The SMILES string of the molecule is CC(C)c1cccc2c(N(C)C)c(C(=O)O)cnc12. The highest BCUT2D eigenvalue weighted by Gasteiger charge is 2.18. The van der Waals surface area contributed by atoms with Gasteiger partial charge in [0.1, 0.15) is 5.56 Å². The lowest BCUT2D eigenvalue weighted by Gasteiger charge is -2.19. The third kappa shape index (κ3) is 2.26. The van der Waals surface area contributed by atoms with Gasteiger partial charge in [-0.05, 0) is 11.5 Å². The van der Waals surface area contributed by atoms with Crippen molar-refractivity contribution in [3.05, 3.63) is 35.5 Å². The number of anilines is 1. The summed E-state index contributed by atoms with van der Waals surface area (Å²) in [6.07, 6.45) is 1.45. The molecule has 0 amide bonds. The highest BCUT2D eigenvalue weighted by molar-refractivity contribution is 6.05. The second-order valence-corrected chi connectivity index (χ2v) is 5.12. The van der Waals surface area contributed by atoms with Crippen LogP contribution in [0.1, 0.15) is 35.7 Å². The third-order valence-electron chi connectivity index (χ3n) is 3.20. The van der Waals surface area contributed by atoms with Crippen molar-refractivity contribution in [3.63, 3.8) is 0 Å². The fraction of sp³-hybridized carbons (Fsp3) is 0.333. The zero-order chi connectivity index (χ0) is 14.2. The van der Waals surface area contributed by atoms with Gasteiger partial charge in [-0.25, -0.2) is 4.79 Å². The van der Waals surface area contributed by atoms with Crippen molar-refractivity contribution in [1.82, 2.24) is 4.98 Å². The number of para-hydroxylation sites is 1. The molecule has 0 saturated heterocycles. The van der Waals surface area contributed by atoms with Crippen molar-refractivity contribution in [3.8, 4) is 0 Å². The third-order valence-corrected chi connectivity index (χ3v) is 3.20. The first-order chi connectivity index (χ1) is 8.93. The zero-order valence-corrected chi connectivity index (χ0v) is 11.6. The summed E-state index contributed by atoms with van der Waals surface area (Å²) in [6.45, 7) is 4.22. The van der Waals surface area contributed by atoms with Crippen molar-refractivity contribution in [2.75, 3.05) is 19.0 Å². The Kier molecular flexibility index (Phi) is 3.42. The minimum absolute atomic E-state index is 0.235. The van der Waals surface area contributed by atoms with E-state index in [2.05, 4.69) is 18.8 Å². The van der Waals surface area contributed by atoms with Crippen LogP contribution in [0.2, 0.25) is 0 Å². The molecule has 0 unspecified atom stereocenters. The largest absolute Gasteiger partial charge is 0.478 e. The van der Waals surface area contributed by atoms with E-state index >= 15 is 0 Å². The Morgan fingerprint density at radius 2 is 2.00 bits per heavy atom. The van der Waals surface area contributed by atoms with E-state index < -0.39 is 5.97 Å². The molecule has 2 rings (SSSR count). The van der Waals surface area contributed by atoms with E-state index in [0.29, 0.717) is 11.6 Å². The van der Waals surface area contributed by atoms with Gasteiger partial charge < -0.3 is 10.0 Å². The molecule has 0 fully saturated rings. The number of rotatable bonds is 3. The van der Waals surface area contributed by atoms with E-state index in [-0.39, 0.29) is 5.56 Å². The molecule has 0 spiro atoms. The van der Waals surface area contributed by atoms with E-state index in [1.807, 2.05) is 37.2 Å². The van der Waals surface area contributed by atoms with Gasteiger partial charge in [0, 0.05) is 25.7 Å². The van der Waals surface area contributed by atoms with Gasteiger partial charge in [0.2, 0.25) is 0 Å². The summed E-state index contributed by atoms with van der Waals surface area (Å²) in [5, 5.41) is 10.2. The van der Waals surface area contributed by atoms with Crippen LogP contribution in [-0.2, 0) is 0 Å². The quantitative estimate of drug-likeness (QED) is 0.919. The van der Waals surface area contributed by atoms with Crippen LogP contribution < -0.4 is 4.90 Å². The molecule has 0 aliphatic rings. The van der Waals surface area contributed by atoms with Crippen molar-refractivity contribution in [1.29, 1.82) is 0 Å². The Morgan fingerprint density at radius 3 is 2.53 bits per heavy atom. The Labute approximate surface area is 112 Å². The van der Waals surface area contributed by atoms with Gasteiger partial charge in [0.15, 0.2) is 0 Å². The molecule has 4 heteroatoms. The molecule has 1 N–H and O–H groups in total. The number of benzene rings is 1. The minimum atomic E-state index is -0.951. The molecule has 1 heterocycles. The van der Waals surface area contributed by atoms with Gasteiger partial charge in [0.25, 0.3) is 0 Å². The van der Waals surface area contributed by atoms with Crippen LogP contribution in [0.4, 0.5) is 5.69 Å². The Bertz CT molecular complexity index is 633. The number of fused-ring (bicyclic) bond motifs is 1. The zero-order valence-electron chi connectivity index (χ0n) is 11.6. The lowest BCUT2D eigenvalue weighted by atomic mass is 9.98. The molecular formula is C15H18N2O2.